The minimum Gasteiger partial charge on any atom is -0.355 e. The fraction of sp³-hybridized carbons (Fsp3) is 0.409. The molecule has 1 saturated heterocycles. The number of carbonyl (C=O) groups excluding carboxylic acids is 1. The number of halogens is 1. The van der Waals surface area contributed by atoms with Crippen LogP contribution in [0.15, 0.2) is 54.6 Å². The van der Waals surface area contributed by atoms with Crippen molar-refractivity contribution in [2.75, 3.05) is 19.6 Å². The second-order valence-corrected chi connectivity index (χ2v) is 7.02. The largest absolute Gasteiger partial charge is 0.355 e. The third-order valence-electron chi connectivity index (χ3n) is 5.10. The van der Waals surface area contributed by atoms with Crippen LogP contribution in [0.1, 0.15) is 30.4 Å². The highest BCUT2D eigenvalue weighted by atomic mass is 19.1. The topological polar surface area (TPSA) is 32.3 Å². The van der Waals surface area contributed by atoms with Crippen LogP contribution in [0.3, 0.4) is 0 Å². The molecule has 0 saturated carbocycles. The van der Waals surface area contributed by atoms with Crippen LogP contribution in [-0.4, -0.2) is 36.5 Å². The van der Waals surface area contributed by atoms with E-state index < -0.39 is 0 Å². The molecular weight excluding hydrogens is 327 g/mol. The second-order valence-electron chi connectivity index (χ2n) is 7.02. The summed E-state index contributed by atoms with van der Waals surface area (Å²) in [7, 11) is 0. The molecule has 1 N–H and O–H groups in total. The number of nitrogens with zero attached hydrogens (tertiary/aromatic N) is 1. The Morgan fingerprint density at radius 2 is 1.77 bits per heavy atom. The molecule has 1 aliphatic rings. The average molecular weight is 354 g/mol. The van der Waals surface area contributed by atoms with E-state index in [1.807, 2.05) is 6.07 Å². The maximum Gasteiger partial charge on any atom is 0.234 e. The van der Waals surface area contributed by atoms with Gasteiger partial charge in [0, 0.05) is 12.6 Å². The molecule has 1 heterocycles. The predicted molar refractivity (Wildman–Crippen MR) is 102 cm³/mol. The van der Waals surface area contributed by atoms with Gasteiger partial charge in [-0.25, -0.2) is 4.39 Å². The van der Waals surface area contributed by atoms with Gasteiger partial charge in [-0.05, 0) is 61.9 Å². The van der Waals surface area contributed by atoms with Crippen LogP contribution < -0.4 is 5.32 Å². The number of hydrogen-bond donors (Lipinski definition) is 1. The summed E-state index contributed by atoms with van der Waals surface area (Å²) in [6.45, 7) is 2.07. The maximum atomic E-state index is 12.9. The fourth-order valence-electron chi connectivity index (χ4n) is 3.65. The van der Waals surface area contributed by atoms with E-state index in [2.05, 4.69) is 34.5 Å². The number of benzene rings is 2. The molecule has 1 aliphatic heterocycles. The first-order valence-corrected chi connectivity index (χ1v) is 9.50. The molecule has 0 aliphatic carbocycles. The molecule has 0 spiro atoms. The van der Waals surface area contributed by atoms with Crippen LogP contribution in [0, 0.1) is 5.82 Å². The van der Waals surface area contributed by atoms with Crippen LogP contribution in [0.2, 0.25) is 0 Å². The van der Waals surface area contributed by atoms with Gasteiger partial charge in [0.15, 0.2) is 0 Å². The quantitative estimate of drug-likeness (QED) is 0.786. The van der Waals surface area contributed by atoms with Crippen molar-refractivity contribution in [3.05, 3.63) is 71.5 Å². The van der Waals surface area contributed by atoms with Crippen molar-refractivity contribution in [2.24, 2.45) is 0 Å². The summed E-state index contributed by atoms with van der Waals surface area (Å²) in [6, 6.07) is 17.5. The van der Waals surface area contributed by atoms with Gasteiger partial charge in [-0.15, -0.1) is 0 Å². The molecule has 26 heavy (non-hydrogen) atoms. The van der Waals surface area contributed by atoms with Crippen molar-refractivity contribution in [1.29, 1.82) is 0 Å². The highest BCUT2D eigenvalue weighted by Crippen LogP contribution is 2.21. The van der Waals surface area contributed by atoms with Crippen molar-refractivity contribution in [3.63, 3.8) is 0 Å². The first kappa shape index (κ1) is 18.6. The van der Waals surface area contributed by atoms with Crippen LogP contribution >= 0.6 is 0 Å². The zero-order valence-corrected chi connectivity index (χ0v) is 15.2. The number of hydrogen-bond acceptors (Lipinski definition) is 2. The first-order valence-electron chi connectivity index (χ1n) is 9.50. The van der Waals surface area contributed by atoms with E-state index >= 15 is 0 Å². The number of aryl methyl sites for hydroxylation is 1. The van der Waals surface area contributed by atoms with Crippen molar-refractivity contribution >= 4 is 5.91 Å². The van der Waals surface area contributed by atoms with Crippen LogP contribution in [0.5, 0.6) is 0 Å². The summed E-state index contributed by atoms with van der Waals surface area (Å²) >= 11 is 0. The molecule has 1 atom stereocenters. The molecule has 2 aromatic rings. The SMILES string of the molecule is O=C(CN1CCCC1CCc1ccccc1)NCCc1ccc(F)cc1. The Morgan fingerprint density at radius 3 is 2.54 bits per heavy atom. The van der Waals surface area contributed by atoms with E-state index in [9.17, 15) is 9.18 Å². The van der Waals surface area contributed by atoms with E-state index in [-0.39, 0.29) is 11.7 Å². The summed E-state index contributed by atoms with van der Waals surface area (Å²) in [5, 5.41) is 2.99. The summed E-state index contributed by atoms with van der Waals surface area (Å²) in [6.07, 6.45) is 5.24. The number of rotatable bonds is 8. The molecule has 0 aromatic heterocycles. The lowest BCUT2D eigenvalue weighted by molar-refractivity contribution is -0.122. The van der Waals surface area contributed by atoms with Gasteiger partial charge in [0.1, 0.15) is 5.82 Å². The first-order chi connectivity index (χ1) is 12.7. The Bertz CT molecular complexity index is 687. The molecule has 0 radical (unpaired) electrons. The number of likely N-dealkylation sites (tertiary alicyclic amines) is 1. The van der Waals surface area contributed by atoms with Crippen molar-refractivity contribution in [2.45, 2.75) is 38.1 Å². The van der Waals surface area contributed by atoms with Gasteiger partial charge in [0.05, 0.1) is 6.54 Å². The van der Waals surface area contributed by atoms with Gasteiger partial charge < -0.3 is 5.32 Å². The van der Waals surface area contributed by atoms with Gasteiger partial charge >= 0.3 is 0 Å². The number of amides is 1. The normalized spacial score (nSPS) is 17.3. The maximum absolute atomic E-state index is 12.9. The molecule has 1 amide bonds. The molecular formula is C22H27FN2O. The van der Waals surface area contributed by atoms with E-state index in [0.29, 0.717) is 19.1 Å². The van der Waals surface area contributed by atoms with Crippen molar-refractivity contribution in [1.82, 2.24) is 10.2 Å². The summed E-state index contributed by atoms with van der Waals surface area (Å²) in [5.74, 6) is -0.146. The minimum atomic E-state index is -0.228. The van der Waals surface area contributed by atoms with Gasteiger partial charge in [-0.1, -0.05) is 42.5 Å². The predicted octanol–water partition coefficient (Wildman–Crippen LogP) is 3.58. The van der Waals surface area contributed by atoms with Gasteiger partial charge in [-0.3, -0.25) is 9.69 Å². The Morgan fingerprint density at radius 1 is 1.04 bits per heavy atom. The third kappa shape index (κ3) is 5.67. The van der Waals surface area contributed by atoms with Crippen molar-refractivity contribution in [3.8, 4) is 0 Å². The highest BCUT2D eigenvalue weighted by molar-refractivity contribution is 5.78. The zero-order valence-electron chi connectivity index (χ0n) is 15.2. The smallest absolute Gasteiger partial charge is 0.234 e. The van der Waals surface area contributed by atoms with Gasteiger partial charge in [-0.2, -0.15) is 0 Å². The summed E-state index contributed by atoms with van der Waals surface area (Å²) < 4.78 is 12.9. The van der Waals surface area contributed by atoms with Gasteiger partial charge in [0.25, 0.3) is 0 Å². The lowest BCUT2D eigenvalue weighted by atomic mass is 10.0. The molecule has 1 unspecified atom stereocenters. The standard InChI is InChI=1S/C22H27FN2O/c23-20-11-8-19(9-12-20)14-15-24-22(26)17-25-16-4-7-21(25)13-10-18-5-2-1-3-6-18/h1-3,5-6,8-9,11-12,21H,4,7,10,13-17H2,(H,24,26). The molecule has 3 rings (SSSR count). The van der Waals surface area contributed by atoms with Crippen LogP contribution in [0.25, 0.3) is 0 Å². The van der Waals surface area contributed by atoms with E-state index in [0.717, 1.165) is 31.4 Å². The molecule has 1 fully saturated rings. The van der Waals surface area contributed by atoms with E-state index in [1.54, 1.807) is 12.1 Å². The fourth-order valence-corrected chi connectivity index (χ4v) is 3.65. The van der Waals surface area contributed by atoms with E-state index in [1.165, 1.54) is 30.5 Å². The monoisotopic (exact) mass is 354 g/mol. The van der Waals surface area contributed by atoms with Crippen molar-refractivity contribution < 1.29 is 9.18 Å². The lowest BCUT2D eigenvalue weighted by Gasteiger charge is -2.24. The summed E-state index contributed by atoms with van der Waals surface area (Å²) in [4.78, 5) is 14.6. The average Bonchev–Trinajstić information content (AvgIpc) is 3.09. The van der Waals surface area contributed by atoms with Crippen LogP contribution in [0.4, 0.5) is 4.39 Å². The highest BCUT2D eigenvalue weighted by Gasteiger charge is 2.25. The number of carbonyl (C=O) groups is 1. The lowest BCUT2D eigenvalue weighted by Crippen LogP contribution is -2.40. The molecule has 2 aromatic carbocycles. The molecule has 4 heteroatoms. The molecule has 3 nitrogen and oxygen atoms in total. The minimum absolute atomic E-state index is 0.0822. The Balaban J connectivity index is 1.39. The third-order valence-corrected chi connectivity index (χ3v) is 5.10. The second kappa shape index (κ2) is 9.48. The Kier molecular flexibility index (Phi) is 6.78. The molecule has 138 valence electrons. The zero-order chi connectivity index (χ0) is 18.2. The van der Waals surface area contributed by atoms with Gasteiger partial charge in [0.2, 0.25) is 5.91 Å². The number of nitrogens with one attached hydrogen (secondary N) is 1. The Hall–Kier alpha value is -2.20. The van der Waals surface area contributed by atoms with Crippen LogP contribution in [-0.2, 0) is 17.6 Å². The Labute approximate surface area is 155 Å². The van der Waals surface area contributed by atoms with E-state index in [4.69, 9.17) is 0 Å². The summed E-state index contributed by atoms with van der Waals surface area (Å²) in [5.41, 5.74) is 2.40. The molecule has 0 bridgehead atoms.